The molecular weight excluding hydrogens is 448 g/mol. The van der Waals surface area contributed by atoms with Crippen molar-refractivity contribution in [2.75, 3.05) is 13.2 Å². The van der Waals surface area contributed by atoms with Crippen molar-refractivity contribution in [3.8, 4) is 5.75 Å². The van der Waals surface area contributed by atoms with Crippen molar-refractivity contribution in [3.63, 3.8) is 0 Å². The fraction of sp³-hybridized carbons (Fsp3) is 0.355. The van der Waals surface area contributed by atoms with Gasteiger partial charge in [0.15, 0.2) is 6.61 Å². The van der Waals surface area contributed by atoms with E-state index in [2.05, 4.69) is 19.2 Å². The highest BCUT2D eigenvalue weighted by Gasteiger charge is 2.31. The Bertz CT molecular complexity index is 1160. The summed E-state index contributed by atoms with van der Waals surface area (Å²) < 4.78 is 5.91. The summed E-state index contributed by atoms with van der Waals surface area (Å²) in [5.74, 6) is 0.573. The van der Waals surface area contributed by atoms with Gasteiger partial charge < -0.3 is 15.0 Å². The number of amides is 2. The van der Waals surface area contributed by atoms with Gasteiger partial charge in [-0.1, -0.05) is 74.5 Å². The van der Waals surface area contributed by atoms with Crippen molar-refractivity contribution in [1.82, 2.24) is 10.2 Å². The molecule has 0 heterocycles. The van der Waals surface area contributed by atoms with Crippen LogP contribution >= 0.6 is 0 Å². The summed E-state index contributed by atoms with van der Waals surface area (Å²) in [4.78, 5) is 28.8. The number of carbonyl (C=O) groups is 2. The number of nitrogens with zero attached hydrogens (tertiary/aromatic N) is 1. The standard InChI is InChI=1S/C31H38N2O3/c1-22(2)19-32-31(35)29(18-26-12-7-6-8-13-26)33(20-27-14-10-9-11-24(27)4)30(34)21-36-28-16-15-23(3)25(5)17-28/h6-17,22,29H,18-21H2,1-5H3,(H,32,35)/t29-/m1/s1. The number of carbonyl (C=O) groups excluding carboxylic acids is 2. The molecule has 0 radical (unpaired) electrons. The van der Waals surface area contributed by atoms with Crippen molar-refractivity contribution in [3.05, 3.63) is 101 Å². The second kappa shape index (κ2) is 12.9. The van der Waals surface area contributed by atoms with Crippen LogP contribution in [-0.2, 0) is 22.6 Å². The van der Waals surface area contributed by atoms with Gasteiger partial charge in [0.05, 0.1) is 0 Å². The first kappa shape index (κ1) is 27.0. The fourth-order valence-electron chi connectivity index (χ4n) is 3.98. The van der Waals surface area contributed by atoms with E-state index in [4.69, 9.17) is 4.74 Å². The molecule has 1 atom stereocenters. The third-order valence-corrected chi connectivity index (χ3v) is 6.40. The number of hydrogen-bond acceptors (Lipinski definition) is 3. The van der Waals surface area contributed by atoms with Gasteiger partial charge in [0.1, 0.15) is 11.8 Å². The van der Waals surface area contributed by atoms with Gasteiger partial charge in [-0.15, -0.1) is 0 Å². The molecule has 0 spiro atoms. The summed E-state index contributed by atoms with van der Waals surface area (Å²) in [5.41, 5.74) is 5.35. The molecule has 2 amide bonds. The third kappa shape index (κ3) is 7.70. The molecule has 5 nitrogen and oxygen atoms in total. The Labute approximate surface area is 215 Å². The molecule has 0 bridgehead atoms. The van der Waals surface area contributed by atoms with Crippen LogP contribution in [-0.4, -0.2) is 35.9 Å². The van der Waals surface area contributed by atoms with E-state index >= 15 is 0 Å². The van der Waals surface area contributed by atoms with E-state index in [9.17, 15) is 9.59 Å². The lowest BCUT2D eigenvalue weighted by atomic mass is 10.0. The van der Waals surface area contributed by atoms with Crippen LogP contribution in [0.3, 0.4) is 0 Å². The van der Waals surface area contributed by atoms with Gasteiger partial charge in [0.25, 0.3) is 5.91 Å². The second-order valence-electron chi connectivity index (χ2n) is 9.83. The van der Waals surface area contributed by atoms with E-state index in [1.807, 2.05) is 93.6 Å². The minimum Gasteiger partial charge on any atom is -0.484 e. The van der Waals surface area contributed by atoms with E-state index in [-0.39, 0.29) is 18.4 Å². The van der Waals surface area contributed by atoms with E-state index in [1.54, 1.807) is 4.90 Å². The lowest BCUT2D eigenvalue weighted by Gasteiger charge is -2.32. The zero-order valence-electron chi connectivity index (χ0n) is 22.1. The van der Waals surface area contributed by atoms with Crippen LogP contribution in [0.2, 0.25) is 0 Å². The van der Waals surface area contributed by atoms with Gasteiger partial charge in [-0.05, 0) is 66.6 Å². The molecule has 1 N–H and O–H groups in total. The molecule has 5 heteroatoms. The third-order valence-electron chi connectivity index (χ3n) is 6.40. The molecular formula is C31H38N2O3. The summed E-state index contributed by atoms with van der Waals surface area (Å²) >= 11 is 0. The number of nitrogens with one attached hydrogen (secondary N) is 1. The van der Waals surface area contributed by atoms with Gasteiger partial charge in [-0.2, -0.15) is 0 Å². The number of aryl methyl sites for hydroxylation is 3. The molecule has 0 unspecified atom stereocenters. The topological polar surface area (TPSA) is 58.6 Å². The quantitative estimate of drug-likeness (QED) is 0.395. The molecule has 0 saturated heterocycles. The molecule has 3 rings (SSSR count). The molecule has 190 valence electrons. The SMILES string of the molecule is Cc1ccc(OCC(=O)N(Cc2ccccc2C)[C@H](Cc2ccccc2)C(=O)NCC(C)C)cc1C. The molecule has 3 aromatic rings. The maximum absolute atomic E-state index is 13.7. The van der Waals surface area contributed by atoms with Crippen molar-refractivity contribution in [1.29, 1.82) is 0 Å². The average Bonchev–Trinajstić information content (AvgIpc) is 2.86. The Morgan fingerprint density at radius 2 is 1.56 bits per heavy atom. The van der Waals surface area contributed by atoms with Crippen molar-refractivity contribution in [2.45, 2.75) is 53.6 Å². The highest BCUT2D eigenvalue weighted by Crippen LogP contribution is 2.19. The highest BCUT2D eigenvalue weighted by molar-refractivity contribution is 5.88. The van der Waals surface area contributed by atoms with Crippen LogP contribution in [0.25, 0.3) is 0 Å². The largest absolute Gasteiger partial charge is 0.484 e. The monoisotopic (exact) mass is 486 g/mol. The van der Waals surface area contributed by atoms with Gasteiger partial charge in [0.2, 0.25) is 5.91 Å². The zero-order valence-corrected chi connectivity index (χ0v) is 22.1. The Kier molecular flexibility index (Phi) is 9.69. The normalized spacial score (nSPS) is 11.7. The first-order valence-corrected chi connectivity index (χ1v) is 12.6. The maximum Gasteiger partial charge on any atom is 0.261 e. The smallest absolute Gasteiger partial charge is 0.261 e. The van der Waals surface area contributed by atoms with Crippen LogP contribution in [0.5, 0.6) is 5.75 Å². The first-order chi connectivity index (χ1) is 17.2. The van der Waals surface area contributed by atoms with Crippen molar-refractivity contribution in [2.24, 2.45) is 5.92 Å². The van der Waals surface area contributed by atoms with Crippen molar-refractivity contribution >= 4 is 11.8 Å². The molecule has 0 fully saturated rings. The van der Waals surface area contributed by atoms with Gasteiger partial charge in [-0.25, -0.2) is 0 Å². The summed E-state index contributed by atoms with van der Waals surface area (Å²) in [6.45, 7) is 10.9. The number of ether oxygens (including phenoxy) is 1. The number of benzene rings is 3. The number of rotatable bonds is 11. The number of hydrogen-bond donors (Lipinski definition) is 1. The lowest BCUT2D eigenvalue weighted by Crippen LogP contribution is -2.52. The van der Waals surface area contributed by atoms with E-state index in [0.29, 0.717) is 31.2 Å². The van der Waals surface area contributed by atoms with Gasteiger partial charge in [0, 0.05) is 19.5 Å². The Morgan fingerprint density at radius 3 is 2.22 bits per heavy atom. The van der Waals surface area contributed by atoms with Gasteiger partial charge >= 0.3 is 0 Å². The minimum absolute atomic E-state index is 0.142. The van der Waals surface area contributed by atoms with Crippen LogP contribution in [0.4, 0.5) is 0 Å². The van der Waals surface area contributed by atoms with Crippen LogP contribution < -0.4 is 10.1 Å². The minimum atomic E-state index is -0.665. The molecule has 0 aliphatic heterocycles. The summed E-state index contributed by atoms with van der Waals surface area (Å²) in [5, 5.41) is 3.05. The first-order valence-electron chi connectivity index (χ1n) is 12.6. The Hall–Kier alpha value is -3.60. The second-order valence-corrected chi connectivity index (χ2v) is 9.83. The van der Waals surface area contributed by atoms with Crippen LogP contribution in [0, 0.1) is 26.7 Å². The molecule has 0 saturated carbocycles. The lowest BCUT2D eigenvalue weighted by molar-refractivity contribution is -0.142. The predicted molar refractivity (Wildman–Crippen MR) is 145 cm³/mol. The van der Waals surface area contributed by atoms with E-state index in [1.165, 1.54) is 5.56 Å². The predicted octanol–water partition coefficient (Wildman–Crippen LogP) is 5.40. The molecule has 3 aromatic carbocycles. The Morgan fingerprint density at radius 1 is 0.861 bits per heavy atom. The van der Waals surface area contributed by atoms with E-state index < -0.39 is 6.04 Å². The average molecular weight is 487 g/mol. The van der Waals surface area contributed by atoms with E-state index in [0.717, 1.165) is 22.3 Å². The molecule has 0 aliphatic rings. The Balaban J connectivity index is 1.91. The summed E-state index contributed by atoms with van der Waals surface area (Å²) in [6.07, 6.45) is 0.423. The molecule has 0 aromatic heterocycles. The van der Waals surface area contributed by atoms with Crippen LogP contribution in [0.15, 0.2) is 72.8 Å². The van der Waals surface area contributed by atoms with Gasteiger partial charge in [-0.3, -0.25) is 9.59 Å². The zero-order chi connectivity index (χ0) is 26.1. The summed E-state index contributed by atoms with van der Waals surface area (Å²) in [7, 11) is 0. The molecule has 0 aliphatic carbocycles. The van der Waals surface area contributed by atoms with Crippen LogP contribution in [0.1, 0.15) is 41.7 Å². The van der Waals surface area contributed by atoms with Crippen molar-refractivity contribution < 1.29 is 14.3 Å². The summed E-state index contributed by atoms with van der Waals surface area (Å²) in [6, 6.07) is 22.9. The maximum atomic E-state index is 13.7. The fourth-order valence-corrected chi connectivity index (χ4v) is 3.98. The highest BCUT2D eigenvalue weighted by atomic mass is 16.5. The molecule has 36 heavy (non-hydrogen) atoms.